The maximum atomic E-state index is 10.7. The van der Waals surface area contributed by atoms with Crippen LogP contribution in [0.5, 0.6) is 0 Å². The molecule has 2 aliphatic rings. The minimum atomic E-state index is -0.414. The van der Waals surface area contributed by atoms with Gasteiger partial charge in [0.25, 0.3) is 5.70 Å². The van der Waals surface area contributed by atoms with E-state index in [-0.39, 0.29) is 11.1 Å². The van der Waals surface area contributed by atoms with Crippen LogP contribution in [0.15, 0.2) is 47.3 Å². The minimum Gasteiger partial charge on any atom is -0.490 e. The van der Waals surface area contributed by atoms with Crippen LogP contribution in [0.4, 0.5) is 0 Å². The lowest BCUT2D eigenvalue weighted by molar-refractivity contribution is -0.419. The highest BCUT2D eigenvalue weighted by molar-refractivity contribution is 5.43. The number of hydrogen-bond donors (Lipinski definition) is 0. The second kappa shape index (κ2) is 4.91. The van der Waals surface area contributed by atoms with Gasteiger partial charge in [-0.2, -0.15) is 0 Å². The number of hydrogen-bond acceptors (Lipinski definition) is 4. The third-order valence-electron chi connectivity index (χ3n) is 2.63. The van der Waals surface area contributed by atoms with Gasteiger partial charge in [-0.3, -0.25) is 10.1 Å². The molecule has 5 nitrogen and oxygen atoms in total. The van der Waals surface area contributed by atoms with E-state index in [2.05, 4.69) is 20.8 Å². The maximum absolute atomic E-state index is 10.7. The molecule has 2 rings (SSSR count). The molecular formula is C14H17NO4. The molecule has 1 heterocycles. The first kappa shape index (κ1) is 13.4. The summed E-state index contributed by atoms with van der Waals surface area (Å²) in [6.45, 7) is 6.84. The Bertz CT molecular complexity index is 518. The first-order valence-corrected chi connectivity index (χ1v) is 6.12. The van der Waals surface area contributed by atoms with Crippen molar-refractivity contribution < 1.29 is 14.4 Å². The summed E-state index contributed by atoms with van der Waals surface area (Å²) in [7, 11) is 0. The predicted octanol–water partition coefficient (Wildman–Crippen LogP) is 3.30. The van der Waals surface area contributed by atoms with Gasteiger partial charge in [0.1, 0.15) is 12.0 Å². The van der Waals surface area contributed by atoms with Crippen LogP contribution >= 0.6 is 0 Å². The Balaban J connectivity index is 2.05. The predicted molar refractivity (Wildman–Crippen MR) is 70.4 cm³/mol. The Morgan fingerprint density at radius 3 is 2.79 bits per heavy atom. The van der Waals surface area contributed by atoms with Crippen molar-refractivity contribution in [3.05, 3.63) is 57.4 Å². The molecule has 19 heavy (non-hydrogen) atoms. The van der Waals surface area contributed by atoms with Gasteiger partial charge in [-0.1, -0.05) is 20.8 Å². The summed E-state index contributed by atoms with van der Waals surface area (Å²) in [6.07, 6.45) is 6.86. The Labute approximate surface area is 112 Å². The van der Waals surface area contributed by atoms with Crippen molar-refractivity contribution in [1.82, 2.24) is 0 Å². The van der Waals surface area contributed by atoms with Gasteiger partial charge in [-0.25, -0.2) is 0 Å². The average Bonchev–Trinajstić information content (AvgIpc) is 2.34. The van der Waals surface area contributed by atoms with Gasteiger partial charge in [0, 0.05) is 12.0 Å². The van der Waals surface area contributed by atoms with Crippen LogP contribution in [-0.4, -0.2) is 11.5 Å². The number of ether oxygens (including phenoxy) is 2. The fourth-order valence-corrected chi connectivity index (χ4v) is 1.67. The van der Waals surface area contributed by atoms with Crippen molar-refractivity contribution in [2.45, 2.75) is 27.2 Å². The molecule has 0 amide bonds. The summed E-state index contributed by atoms with van der Waals surface area (Å²) in [4.78, 5) is 10.3. The lowest BCUT2D eigenvalue weighted by Crippen LogP contribution is -2.15. The highest BCUT2D eigenvalue weighted by Gasteiger charge is 2.22. The topological polar surface area (TPSA) is 61.6 Å². The lowest BCUT2D eigenvalue weighted by Gasteiger charge is -2.22. The molecule has 0 aromatic rings. The molecule has 1 aliphatic heterocycles. The molecule has 1 aliphatic carbocycles. The molecule has 0 atom stereocenters. The average molecular weight is 263 g/mol. The molecular weight excluding hydrogens is 246 g/mol. The smallest absolute Gasteiger partial charge is 0.269 e. The fourth-order valence-electron chi connectivity index (χ4n) is 1.67. The van der Waals surface area contributed by atoms with E-state index in [4.69, 9.17) is 9.47 Å². The molecule has 0 N–H and O–H groups in total. The van der Waals surface area contributed by atoms with Crippen LogP contribution in [0.1, 0.15) is 27.2 Å². The first-order chi connectivity index (χ1) is 8.85. The van der Waals surface area contributed by atoms with E-state index in [1.165, 1.54) is 12.3 Å². The van der Waals surface area contributed by atoms with E-state index in [0.29, 0.717) is 24.5 Å². The summed E-state index contributed by atoms with van der Waals surface area (Å²) in [5.74, 6) is 1.18. The number of nitro groups is 1. The van der Waals surface area contributed by atoms with E-state index in [1.807, 2.05) is 6.08 Å². The summed E-state index contributed by atoms with van der Waals surface area (Å²) in [5, 5.41) is 10.7. The molecule has 0 saturated carbocycles. The quantitative estimate of drug-likeness (QED) is 0.579. The maximum Gasteiger partial charge on any atom is 0.269 e. The Kier molecular flexibility index (Phi) is 3.46. The Morgan fingerprint density at radius 1 is 1.42 bits per heavy atom. The van der Waals surface area contributed by atoms with Crippen LogP contribution in [0, 0.1) is 15.5 Å². The van der Waals surface area contributed by atoms with E-state index in [0.717, 1.165) is 5.57 Å². The van der Waals surface area contributed by atoms with Crippen molar-refractivity contribution >= 4 is 0 Å². The normalized spacial score (nSPS) is 18.3. The zero-order valence-corrected chi connectivity index (χ0v) is 11.3. The van der Waals surface area contributed by atoms with Gasteiger partial charge >= 0.3 is 0 Å². The van der Waals surface area contributed by atoms with E-state index in [9.17, 15) is 10.1 Å². The fraction of sp³-hybridized carbons (Fsp3) is 0.429. The second-order valence-electron chi connectivity index (χ2n) is 5.76. The van der Waals surface area contributed by atoms with E-state index < -0.39 is 4.92 Å². The van der Waals surface area contributed by atoms with Crippen LogP contribution in [0.25, 0.3) is 0 Å². The Hall–Kier alpha value is -2.04. The van der Waals surface area contributed by atoms with Crippen LogP contribution in [-0.2, 0) is 9.47 Å². The molecule has 0 aromatic heterocycles. The van der Waals surface area contributed by atoms with Gasteiger partial charge in [0.15, 0.2) is 5.76 Å². The molecule has 102 valence electrons. The number of fused-ring (bicyclic) bond motifs is 1. The van der Waals surface area contributed by atoms with E-state index >= 15 is 0 Å². The number of allylic oxidation sites excluding steroid dienone is 4. The largest absolute Gasteiger partial charge is 0.490 e. The SMILES string of the molecule is CC(C)(C)COC1=COC2=CC([N+](=O)[O-])=CCC2=C1. The minimum absolute atomic E-state index is 0.0691. The first-order valence-electron chi connectivity index (χ1n) is 6.12. The van der Waals surface area contributed by atoms with Crippen LogP contribution in [0.3, 0.4) is 0 Å². The molecule has 0 radical (unpaired) electrons. The highest BCUT2D eigenvalue weighted by Crippen LogP contribution is 2.30. The molecule has 0 fully saturated rings. The van der Waals surface area contributed by atoms with Crippen molar-refractivity contribution in [2.75, 3.05) is 6.61 Å². The highest BCUT2D eigenvalue weighted by atomic mass is 16.6. The molecule has 0 unspecified atom stereocenters. The van der Waals surface area contributed by atoms with Gasteiger partial charge in [-0.05, 0) is 17.6 Å². The zero-order valence-electron chi connectivity index (χ0n) is 11.3. The molecule has 0 aromatic carbocycles. The van der Waals surface area contributed by atoms with E-state index in [1.54, 1.807) is 6.08 Å². The van der Waals surface area contributed by atoms with Gasteiger partial charge < -0.3 is 9.47 Å². The van der Waals surface area contributed by atoms with Crippen LogP contribution < -0.4 is 0 Å². The lowest BCUT2D eigenvalue weighted by atomic mass is 9.98. The Morgan fingerprint density at radius 2 is 2.16 bits per heavy atom. The molecule has 0 spiro atoms. The van der Waals surface area contributed by atoms with Crippen molar-refractivity contribution in [3.8, 4) is 0 Å². The van der Waals surface area contributed by atoms with Gasteiger partial charge in [-0.15, -0.1) is 0 Å². The molecule has 0 saturated heterocycles. The van der Waals surface area contributed by atoms with Gasteiger partial charge in [0.05, 0.1) is 17.6 Å². The monoisotopic (exact) mass is 263 g/mol. The van der Waals surface area contributed by atoms with Crippen molar-refractivity contribution in [2.24, 2.45) is 5.41 Å². The molecule has 5 heteroatoms. The third kappa shape index (κ3) is 3.47. The third-order valence-corrected chi connectivity index (χ3v) is 2.63. The number of rotatable bonds is 3. The second-order valence-corrected chi connectivity index (χ2v) is 5.76. The number of nitrogens with zero attached hydrogens (tertiary/aromatic N) is 1. The standard InChI is InChI=1S/C14H17NO4/c1-14(2,3)9-19-12-6-10-4-5-11(15(16)17)7-13(10)18-8-12/h5-8H,4,9H2,1-3H3. The zero-order chi connectivity index (χ0) is 14.0. The summed E-state index contributed by atoms with van der Waals surface area (Å²) in [6, 6.07) is 0. The summed E-state index contributed by atoms with van der Waals surface area (Å²) in [5.41, 5.74) is 1.04. The molecule has 0 bridgehead atoms. The van der Waals surface area contributed by atoms with Crippen molar-refractivity contribution in [3.63, 3.8) is 0 Å². The van der Waals surface area contributed by atoms with Crippen LogP contribution in [0.2, 0.25) is 0 Å². The van der Waals surface area contributed by atoms with Crippen molar-refractivity contribution in [1.29, 1.82) is 0 Å². The summed E-state index contributed by atoms with van der Waals surface area (Å²) < 4.78 is 11.0. The summed E-state index contributed by atoms with van der Waals surface area (Å²) >= 11 is 0. The van der Waals surface area contributed by atoms with Gasteiger partial charge in [0.2, 0.25) is 0 Å².